The molecule has 0 aliphatic heterocycles. The van der Waals surface area contributed by atoms with Crippen LogP contribution in [0.4, 0.5) is 5.69 Å². The molecule has 2 amide bonds. The van der Waals surface area contributed by atoms with E-state index < -0.39 is 11.9 Å². The average Bonchev–Trinajstić information content (AvgIpc) is 3.30. The van der Waals surface area contributed by atoms with Crippen molar-refractivity contribution in [2.45, 2.75) is 13.3 Å². The number of nitrogens with zero attached hydrogens (tertiary/aromatic N) is 1. The van der Waals surface area contributed by atoms with Crippen molar-refractivity contribution in [3.05, 3.63) is 129 Å². The second-order valence-corrected chi connectivity index (χ2v) is 10.6. The first-order chi connectivity index (χ1) is 19.9. The molecule has 1 aromatic heterocycles. The van der Waals surface area contributed by atoms with Gasteiger partial charge in [0.15, 0.2) is 0 Å². The van der Waals surface area contributed by atoms with E-state index in [9.17, 15) is 14.4 Å². The van der Waals surface area contributed by atoms with Gasteiger partial charge in [-0.25, -0.2) is 5.43 Å². The van der Waals surface area contributed by atoms with Crippen molar-refractivity contribution >= 4 is 62.7 Å². The maximum Gasteiger partial charge on any atom is 0.315 e. The van der Waals surface area contributed by atoms with Crippen LogP contribution in [0.1, 0.15) is 36.7 Å². The summed E-state index contributed by atoms with van der Waals surface area (Å²) in [6.45, 7) is 1.99. The molecule has 0 fully saturated rings. The summed E-state index contributed by atoms with van der Waals surface area (Å²) in [5, 5.41) is 8.11. The first kappa shape index (κ1) is 27.8. The number of carbonyl (C=O) groups is 3. The van der Waals surface area contributed by atoms with Crippen molar-refractivity contribution in [1.82, 2.24) is 5.43 Å². The van der Waals surface area contributed by atoms with Gasteiger partial charge >= 0.3 is 5.97 Å². The monoisotopic (exact) mass is 581 g/mol. The van der Waals surface area contributed by atoms with E-state index in [0.29, 0.717) is 32.5 Å². The number of hydrogen-bond donors (Lipinski definition) is 2. The van der Waals surface area contributed by atoms with Gasteiger partial charge in [0.05, 0.1) is 17.7 Å². The summed E-state index contributed by atoms with van der Waals surface area (Å²) in [6.07, 6.45) is 1.55. The number of nitrogens with one attached hydrogen (secondary N) is 2. The predicted molar refractivity (Wildman–Crippen MR) is 163 cm³/mol. The van der Waals surface area contributed by atoms with E-state index in [0.717, 1.165) is 21.2 Å². The standard InChI is InChI=1S/C32H24ClN3O4S/c1-20-11-16-25-27(17-20)41-30(29(25)33)32(39)35-24-14-12-22(13-15-24)31(38)36-34-19-23-9-5-6-10-26(23)40-28(37)18-21-7-3-2-4-8-21/h2-17,19H,18H2,1H3,(H,35,39)(H,36,38)/b34-19-. The van der Waals surface area contributed by atoms with Crippen LogP contribution in [0.5, 0.6) is 5.75 Å². The number of carbonyl (C=O) groups excluding carboxylic acids is 3. The highest BCUT2D eigenvalue weighted by Crippen LogP contribution is 2.36. The van der Waals surface area contributed by atoms with Gasteiger partial charge in [-0.3, -0.25) is 14.4 Å². The summed E-state index contributed by atoms with van der Waals surface area (Å²) >= 11 is 7.79. The molecule has 0 radical (unpaired) electrons. The van der Waals surface area contributed by atoms with Gasteiger partial charge in [-0.2, -0.15) is 5.10 Å². The molecule has 0 aliphatic carbocycles. The Morgan fingerprint density at radius 3 is 2.41 bits per heavy atom. The number of ether oxygens (including phenoxy) is 1. The number of fused-ring (bicyclic) bond motifs is 1. The Balaban J connectivity index is 1.18. The number of hydrazone groups is 1. The van der Waals surface area contributed by atoms with Crippen LogP contribution in [-0.2, 0) is 11.2 Å². The molecule has 0 aliphatic rings. The molecule has 0 spiro atoms. The molecule has 2 N–H and O–H groups in total. The van der Waals surface area contributed by atoms with Crippen LogP contribution in [-0.4, -0.2) is 24.0 Å². The third-order valence-electron chi connectivity index (χ3n) is 6.10. The van der Waals surface area contributed by atoms with E-state index in [4.69, 9.17) is 16.3 Å². The number of anilines is 1. The Morgan fingerprint density at radius 1 is 0.902 bits per heavy atom. The summed E-state index contributed by atoms with van der Waals surface area (Å²) in [6, 6.07) is 28.5. The Hall–Kier alpha value is -4.79. The smallest absolute Gasteiger partial charge is 0.315 e. The van der Waals surface area contributed by atoms with E-state index in [1.54, 1.807) is 48.5 Å². The second kappa shape index (κ2) is 12.6. The molecule has 41 heavy (non-hydrogen) atoms. The van der Waals surface area contributed by atoms with Gasteiger partial charge in [0.1, 0.15) is 10.6 Å². The molecule has 4 aromatic carbocycles. The largest absolute Gasteiger partial charge is 0.426 e. The summed E-state index contributed by atoms with van der Waals surface area (Å²) in [4.78, 5) is 38.3. The lowest BCUT2D eigenvalue weighted by molar-refractivity contribution is -0.133. The summed E-state index contributed by atoms with van der Waals surface area (Å²) in [5.41, 5.74) is 5.80. The van der Waals surface area contributed by atoms with Crippen LogP contribution in [0.15, 0.2) is 102 Å². The second-order valence-electron chi connectivity index (χ2n) is 9.15. The lowest BCUT2D eigenvalue weighted by Crippen LogP contribution is -2.18. The molecule has 0 bridgehead atoms. The molecule has 9 heteroatoms. The third kappa shape index (κ3) is 6.87. The number of halogens is 1. The minimum Gasteiger partial charge on any atom is -0.426 e. The van der Waals surface area contributed by atoms with Gasteiger partial charge in [0.2, 0.25) is 0 Å². The van der Waals surface area contributed by atoms with E-state index in [-0.39, 0.29) is 12.3 Å². The summed E-state index contributed by atoms with van der Waals surface area (Å²) in [5.74, 6) is -0.835. The number of hydrogen-bond acceptors (Lipinski definition) is 6. The van der Waals surface area contributed by atoms with Crippen LogP contribution < -0.4 is 15.5 Å². The van der Waals surface area contributed by atoms with Crippen LogP contribution in [0, 0.1) is 6.92 Å². The quantitative estimate of drug-likeness (QED) is 0.0890. The van der Waals surface area contributed by atoms with Crippen LogP contribution in [0.3, 0.4) is 0 Å². The van der Waals surface area contributed by atoms with Gasteiger partial charge in [-0.15, -0.1) is 11.3 Å². The lowest BCUT2D eigenvalue weighted by Gasteiger charge is -2.07. The normalized spacial score (nSPS) is 11.0. The molecular formula is C32H24ClN3O4S. The van der Waals surface area contributed by atoms with Crippen LogP contribution in [0.2, 0.25) is 5.02 Å². The fraction of sp³-hybridized carbons (Fsp3) is 0.0625. The Kier molecular flexibility index (Phi) is 8.53. The van der Waals surface area contributed by atoms with Gasteiger partial charge in [0, 0.05) is 26.9 Å². The maximum atomic E-state index is 12.9. The first-order valence-corrected chi connectivity index (χ1v) is 13.8. The van der Waals surface area contributed by atoms with Crippen molar-refractivity contribution in [3.63, 3.8) is 0 Å². The zero-order valence-electron chi connectivity index (χ0n) is 21.9. The Morgan fingerprint density at radius 2 is 1.63 bits per heavy atom. The van der Waals surface area contributed by atoms with Gasteiger partial charge in [-0.05, 0) is 60.5 Å². The van der Waals surface area contributed by atoms with Crippen molar-refractivity contribution in [3.8, 4) is 5.75 Å². The van der Waals surface area contributed by atoms with Crippen molar-refractivity contribution in [2.24, 2.45) is 5.10 Å². The highest BCUT2D eigenvalue weighted by atomic mass is 35.5. The Bertz CT molecular complexity index is 1770. The number of aryl methyl sites for hydroxylation is 1. The number of amides is 2. The van der Waals surface area contributed by atoms with E-state index in [1.165, 1.54) is 17.6 Å². The molecule has 0 saturated heterocycles. The molecule has 204 valence electrons. The third-order valence-corrected chi connectivity index (χ3v) is 7.76. The average molecular weight is 582 g/mol. The fourth-order valence-electron chi connectivity index (χ4n) is 4.04. The number of thiophene rings is 1. The van der Waals surface area contributed by atoms with E-state index in [2.05, 4.69) is 15.8 Å². The summed E-state index contributed by atoms with van der Waals surface area (Å²) in [7, 11) is 0. The maximum absolute atomic E-state index is 12.9. The molecular weight excluding hydrogens is 558 g/mol. The van der Waals surface area contributed by atoms with Crippen molar-refractivity contribution in [2.75, 3.05) is 5.32 Å². The number of esters is 1. The van der Waals surface area contributed by atoms with Crippen molar-refractivity contribution < 1.29 is 19.1 Å². The molecule has 0 saturated carbocycles. The zero-order chi connectivity index (χ0) is 28.8. The number of para-hydroxylation sites is 1. The lowest BCUT2D eigenvalue weighted by atomic mass is 10.1. The SMILES string of the molecule is Cc1ccc2c(Cl)c(C(=O)Nc3ccc(C(=O)N/N=C\c4ccccc4OC(=O)Cc4ccccc4)cc3)sc2c1. The molecule has 5 aromatic rings. The van der Waals surface area contributed by atoms with Crippen LogP contribution in [0.25, 0.3) is 10.1 Å². The van der Waals surface area contributed by atoms with E-state index >= 15 is 0 Å². The van der Waals surface area contributed by atoms with Crippen molar-refractivity contribution in [1.29, 1.82) is 0 Å². The molecule has 1 heterocycles. The van der Waals surface area contributed by atoms with Crippen LogP contribution >= 0.6 is 22.9 Å². The Labute approximate surface area is 245 Å². The number of benzene rings is 4. The minimum atomic E-state index is -0.444. The zero-order valence-corrected chi connectivity index (χ0v) is 23.5. The topological polar surface area (TPSA) is 96.9 Å². The van der Waals surface area contributed by atoms with Gasteiger partial charge < -0.3 is 10.1 Å². The highest BCUT2D eigenvalue weighted by Gasteiger charge is 2.18. The minimum absolute atomic E-state index is 0.135. The highest BCUT2D eigenvalue weighted by molar-refractivity contribution is 7.21. The number of rotatable bonds is 8. The summed E-state index contributed by atoms with van der Waals surface area (Å²) < 4.78 is 6.46. The first-order valence-electron chi connectivity index (χ1n) is 12.6. The predicted octanol–water partition coefficient (Wildman–Crippen LogP) is 7.03. The molecule has 0 atom stereocenters. The van der Waals surface area contributed by atoms with Gasteiger partial charge in [0.25, 0.3) is 11.8 Å². The molecule has 7 nitrogen and oxygen atoms in total. The van der Waals surface area contributed by atoms with Gasteiger partial charge in [-0.1, -0.05) is 66.2 Å². The fourth-order valence-corrected chi connectivity index (χ4v) is 5.55. The van der Waals surface area contributed by atoms with E-state index in [1.807, 2.05) is 55.5 Å². The molecule has 0 unspecified atom stereocenters. The molecule has 5 rings (SSSR count).